The van der Waals surface area contributed by atoms with Crippen molar-refractivity contribution in [3.8, 4) is 6.07 Å². The summed E-state index contributed by atoms with van der Waals surface area (Å²) >= 11 is 0. The first-order chi connectivity index (χ1) is 8.43. The van der Waals surface area contributed by atoms with Gasteiger partial charge >= 0.3 is 0 Å². The molecule has 0 saturated carbocycles. The van der Waals surface area contributed by atoms with Crippen molar-refractivity contribution in [3.63, 3.8) is 0 Å². The summed E-state index contributed by atoms with van der Waals surface area (Å²) in [4.78, 5) is 7.26. The molecule has 0 bridgehead atoms. The lowest BCUT2D eigenvalue weighted by molar-refractivity contribution is 0.118. The second-order valence-electron chi connectivity index (χ2n) is 6.23. The summed E-state index contributed by atoms with van der Waals surface area (Å²) in [6, 6.07) is 2.38. The quantitative estimate of drug-likeness (QED) is 0.709. The highest BCUT2D eigenvalue weighted by atomic mass is 15.3. The summed E-state index contributed by atoms with van der Waals surface area (Å²) < 4.78 is 0. The maximum Gasteiger partial charge on any atom is 0.0684 e. The molecule has 1 aliphatic heterocycles. The molecule has 0 N–H and O–H groups in total. The molecular weight excluding hydrogens is 224 g/mol. The lowest BCUT2D eigenvalue weighted by Gasteiger charge is -2.36. The molecule has 1 heterocycles. The Hall–Kier alpha value is -0.630. The highest BCUT2D eigenvalue weighted by Crippen LogP contribution is 2.19. The van der Waals surface area contributed by atoms with Crippen molar-refractivity contribution in [2.75, 3.05) is 59.9 Å². The van der Waals surface area contributed by atoms with Gasteiger partial charge in [-0.1, -0.05) is 0 Å². The molecule has 0 aromatic carbocycles. The van der Waals surface area contributed by atoms with E-state index in [1.807, 2.05) is 13.8 Å². The first-order valence-corrected chi connectivity index (χ1v) is 6.94. The van der Waals surface area contributed by atoms with Crippen LogP contribution in [-0.2, 0) is 0 Å². The van der Waals surface area contributed by atoms with Crippen LogP contribution in [0.25, 0.3) is 0 Å². The highest BCUT2D eigenvalue weighted by molar-refractivity contribution is 4.92. The number of nitrogens with zero attached hydrogens (tertiary/aromatic N) is 4. The molecule has 1 aliphatic rings. The summed E-state index contributed by atoms with van der Waals surface area (Å²) in [5, 5.41) is 9.01. The van der Waals surface area contributed by atoms with E-state index in [9.17, 15) is 0 Å². The Morgan fingerprint density at radius 1 is 1.06 bits per heavy atom. The van der Waals surface area contributed by atoms with E-state index in [4.69, 9.17) is 5.26 Å². The molecule has 0 radical (unpaired) electrons. The molecular formula is C14H28N4. The molecule has 0 aliphatic carbocycles. The van der Waals surface area contributed by atoms with Crippen LogP contribution in [-0.4, -0.2) is 74.6 Å². The van der Waals surface area contributed by atoms with Gasteiger partial charge in [-0.25, -0.2) is 0 Å². The fourth-order valence-electron chi connectivity index (χ4n) is 2.07. The molecule has 0 unspecified atom stereocenters. The van der Waals surface area contributed by atoms with Crippen molar-refractivity contribution in [3.05, 3.63) is 0 Å². The third-order valence-corrected chi connectivity index (χ3v) is 3.68. The zero-order chi connectivity index (χ0) is 13.6. The minimum Gasteiger partial charge on any atom is -0.308 e. The minimum absolute atomic E-state index is 0.179. The van der Waals surface area contributed by atoms with E-state index < -0.39 is 0 Å². The van der Waals surface area contributed by atoms with Gasteiger partial charge in [-0.2, -0.15) is 5.26 Å². The van der Waals surface area contributed by atoms with Crippen LogP contribution in [0, 0.1) is 16.7 Å². The normalized spacial score (nSPS) is 19.1. The van der Waals surface area contributed by atoms with Crippen LogP contribution in [0.3, 0.4) is 0 Å². The Labute approximate surface area is 112 Å². The van der Waals surface area contributed by atoms with Gasteiger partial charge in [-0.05, 0) is 40.9 Å². The molecule has 1 fully saturated rings. The fourth-order valence-corrected chi connectivity index (χ4v) is 2.07. The number of hydrogen-bond acceptors (Lipinski definition) is 4. The Balaban J connectivity index is 2.18. The number of hydrogen-bond donors (Lipinski definition) is 0. The second-order valence-corrected chi connectivity index (χ2v) is 6.23. The van der Waals surface area contributed by atoms with Gasteiger partial charge in [0.2, 0.25) is 0 Å². The van der Waals surface area contributed by atoms with Crippen molar-refractivity contribution in [2.45, 2.75) is 20.3 Å². The molecule has 18 heavy (non-hydrogen) atoms. The van der Waals surface area contributed by atoms with E-state index in [1.54, 1.807) is 0 Å². The summed E-state index contributed by atoms with van der Waals surface area (Å²) in [5.41, 5.74) is -0.179. The van der Waals surface area contributed by atoms with Gasteiger partial charge in [0.1, 0.15) is 0 Å². The van der Waals surface area contributed by atoms with Crippen LogP contribution in [0.5, 0.6) is 0 Å². The summed E-state index contributed by atoms with van der Waals surface area (Å²) in [5.74, 6) is 0. The predicted molar refractivity (Wildman–Crippen MR) is 75.4 cm³/mol. The highest BCUT2D eigenvalue weighted by Gasteiger charge is 2.21. The molecule has 0 aromatic rings. The van der Waals surface area contributed by atoms with E-state index in [2.05, 4.69) is 34.9 Å². The molecule has 1 rings (SSSR count). The van der Waals surface area contributed by atoms with Crippen molar-refractivity contribution in [1.29, 1.82) is 5.26 Å². The largest absolute Gasteiger partial charge is 0.308 e. The van der Waals surface area contributed by atoms with Gasteiger partial charge in [0.25, 0.3) is 0 Å². The smallest absolute Gasteiger partial charge is 0.0684 e. The minimum atomic E-state index is -0.179. The summed E-state index contributed by atoms with van der Waals surface area (Å²) in [6.45, 7) is 12.1. The van der Waals surface area contributed by atoms with Crippen molar-refractivity contribution >= 4 is 0 Å². The third kappa shape index (κ3) is 5.81. The van der Waals surface area contributed by atoms with Crippen LogP contribution in [0.2, 0.25) is 0 Å². The number of piperazine rings is 1. The average Bonchev–Trinajstić information content (AvgIpc) is 2.35. The molecule has 0 aromatic heterocycles. The summed E-state index contributed by atoms with van der Waals surface area (Å²) in [7, 11) is 4.25. The van der Waals surface area contributed by atoms with Crippen molar-refractivity contribution < 1.29 is 0 Å². The zero-order valence-electron chi connectivity index (χ0n) is 12.4. The van der Waals surface area contributed by atoms with E-state index in [-0.39, 0.29) is 5.41 Å². The molecule has 4 heteroatoms. The number of nitriles is 1. The van der Waals surface area contributed by atoms with Crippen LogP contribution in [0.1, 0.15) is 20.3 Å². The third-order valence-electron chi connectivity index (χ3n) is 3.68. The molecule has 0 amide bonds. The summed E-state index contributed by atoms with van der Waals surface area (Å²) in [6.07, 6.45) is 0.973. The molecule has 0 spiro atoms. The molecule has 104 valence electrons. The predicted octanol–water partition coefficient (Wildman–Crippen LogP) is 1.11. The van der Waals surface area contributed by atoms with Crippen molar-refractivity contribution in [1.82, 2.24) is 14.7 Å². The first-order valence-electron chi connectivity index (χ1n) is 6.94. The maximum atomic E-state index is 9.01. The SMILES string of the molecule is CN(C)CCN1CCN(CCC(C)(C)C#N)CC1. The van der Waals surface area contributed by atoms with Crippen LogP contribution in [0.15, 0.2) is 0 Å². The number of rotatable bonds is 6. The van der Waals surface area contributed by atoms with Gasteiger partial charge in [0.05, 0.1) is 11.5 Å². The maximum absolute atomic E-state index is 9.01. The van der Waals surface area contributed by atoms with Crippen LogP contribution >= 0.6 is 0 Å². The first kappa shape index (κ1) is 15.4. The van der Waals surface area contributed by atoms with E-state index >= 15 is 0 Å². The standard InChI is InChI=1S/C14H28N4/c1-14(2,13-15)5-6-17-9-11-18(12-10-17)8-7-16(3)4/h5-12H2,1-4H3. The Morgan fingerprint density at radius 3 is 2.00 bits per heavy atom. The Morgan fingerprint density at radius 2 is 1.56 bits per heavy atom. The average molecular weight is 252 g/mol. The topological polar surface area (TPSA) is 33.5 Å². The van der Waals surface area contributed by atoms with Gasteiger partial charge in [-0.15, -0.1) is 0 Å². The van der Waals surface area contributed by atoms with Crippen LogP contribution < -0.4 is 0 Å². The Bertz CT molecular complexity index is 272. The second kappa shape index (κ2) is 7.08. The van der Waals surface area contributed by atoms with Crippen LogP contribution in [0.4, 0.5) is 0 Å². The van der Waals surface area contributed by atoms with Gasteiger partial charge in [-0.3, -0.25) is 4.90 Å². The van der Waals surface area contributed by atoms with Gasteiger partial charge in [0.15, 0.2) is 0 Å². The molecule has 0 atom stereocenters. The zero-order valence-corrected chi connectivity index (χ0v) is 12.4. The lowest BCUT2D eigenvalue weighted by Crippen LogP contribution is -2.48. The number of likely N-dealkylation sites (N-methyl/N-ethyl adjacent to an activating group) is 1. The molecule has 4 nitrogen and oxygen atoms in total. The fraction of sp³-hybridized carbons (Fsp3) is 0.929. The monoisotopic (exact) mass is 252 g/mol. The van der Waals surface area contributed by atoms with E-state index in [0.717, 1.165) is 32.6 Å². The Kier molecular flexibility index (Phi) is 6.07. The van der Waals surface area contributed by atoms with Gasteiger partial charge in [0, 0.05) is 39.3 Å². The van der Waals surface area contributed by atoms with Crippen molar-refractivity contribution in [2.24, 2.45) is 5.41 Å². The van der Waals surface area contributed by atoms with Gasteiger partial charge < -0.3 is 9.80 Å². The lowest BCUT2D eigenvalue weighted by atomic mass is 9.91. The molecule has 1 saturated heterocycles. The van der Waals surface area contributed by atoms with E-state index in [1.165, 1.54) is 19.6 Å². The van der Waals surface area contributed by atoms with E-state index in [0.29, 0.717) is 0 Å².